The smallest absolute Gasteiger partial charge is 0.224 e. The van der Waals surface area contributed by atoms with E-state index in [4.69, 9.17) is 17.2 Å². The summed E-state index contributed by atoms with van der Waals surface area (Å²) in [6.45, 7) is 11.4. The highest BCUT2D eigenvalue weighted by atomic mass is 32.2. The largest absolute Gasteiger partial charge is 0.383 e. The average molecular weight is 837 g/mol. The van der Waals surface area contributed by atoms with Gasteiger partial charge in [0.05, 0.1) is 21.9 Å². The van der Waals surface area contributed by atoms with Gasteiger partial charge in [-0.25, -0.2) is 23.7 Å². The molecule has 2 aromatic heterocycles. The first-order valence-electron chi connectivity index (χ1n) is 18.8. The van der Waals surface area contributed by atoms with Crippen LogP contribution in [-0.2, 0) is 20.4 Å². The van der Waals surface area contributed by atoms with Crippen molar-refractivity contribution in [3.8, 4) is 0 Å². The monoisotopic (exact) mass is 836 g/mol. The van der Waals surface area contributed by atoms with Gasteiger partial charge < -0.3 is 32.3 Å². The van der Waals surface area contributed by atoms with E-state index in [9.17, 15) is 32.2 Å². The van der Waals surface area contributed by atoms with Crippen molar-refractivity contribution >= 4 is 51.8 Å². The number of nitrogens with zero attached hydrogens (tertiary/aromatic N) is 6. The molecule has 2 aliphatic heterocycles. The van der Waals surface area contributed by atoms with Crippen LogP contribution >= 0.6 is 0 Å². The van der Waals surface area contributed by atoms with Gasteiger partial charge in [0.15, 0.2) is 11.6 Å². The lowest BCUT2D eigenvalue weighted by atomic mass is 10.0. The second kappa shape index (κ2) is 21.9. The quantitative estimate of drug-likeness (QED) is 0.140. The van der Waals surface area contributed by atoms with E-state index < -0.39 is 34.0 Å². The van der Waals surface area contributed by atoms with Gasteiger partial charge >= 0.3 is 0 Å². The third-order valence-electron chi connectivity index (χ3n) is 9.72. The summed E-state index contributed by atoms with van der Waals surface area (Å²) in [7, 11) is -1.35. The summed E-state index contributed by atoms with van der Waals surface area (Å²) in [5.74, 6) is -0.944. The number of hydrogen-bond acceptors (Lipinski definition) is 13. The van der Waals surface area contributed by atoms with Crippen molar-refractivity contribution < 1.29 is 32.2 Å². The van der Waals surface area contributed by atoms with Crippen molar-refractivity contribution in [3.05, 3.63) is 93.8 Å². The first-order valence-corrected chi connectivity index (χ1v) is 20.1. The Balaban J connectivity index is 0.000000258. The van der Waals surface area contributed by atoms with Gasteiger partial charge in [-0.2, -0.15) is 4.98 Å². The number of aryl methyl sites for hydroxylation is 2. The highest BCUT2D eigenvalue weighted by Gasteiger charge is 2.23. The highest BCUT2D eigenvalue weighted by Crippen LogP contribution is 2.22. The maximum atomic E-state index is 13.5. The van der Waals surface area contributed by atoms with E-state index in [0.717, 1.165) is 44.8 Å². The predicted molar refractivity (Wildman–Crippen MR) is 224 cm³/mol. The van der Waals surface area contributed by atoms with Crippen molar-refractivity contribution in [2.24, 2.45) is 5.73 Å². The number of aromatic nitrogens is 4. The Morgan fingerprint density at radius 2 is 1.19 bits per heavy atom. The number of carbonyl (C=O) groups is 4. The van der Waals surface area contributed by atoms with Gasteiger partial charge in [0.1, 0.15) is 23.3 Å². The number of rotatable bonds is 8. The molecule has 0 bridgehead atoms. The lowest BCUT2D eigenvalue weighted by Gasteiger charge is -2.31. The van der Waals surface area contributed by atoms with E-state index in [1.54, 1.807) is 45.6 Å². The summed E-state index contributed by atoms with van der Waals surface area (Å²) in [5.41, 5.74) is 19.3. The van der Waals surface area contributed by atoms with Crippen molar-refractivity contribution in [2.75, 3.05) is 48.7 Å². The minimum Gasteiger partial charge on any atom is -0.383 e. The first kappa shape index (κ1) is 47.6. The highest BCUT2D eigenvalue weighted by molar-refractivity contribution is 7.84. The fourth-order valence-electron chi connectivity index (χ4n) is 6.13. The van der Waals surface area contributed by atoms with E-state index in [0.29, 0.717) is 42.0 Å². The number of benzene rings is 2. The van der Waals surface area contributed by atoms with Crippen LogP contribution in [0.1, 0.15) is 96.9 Å². The minimum absolute atomic E-state index is 0. The molecular weight excluding hydrogens is 783 g/mol. The summed E-state index contributed by atoms with van der Waals surface area (Å²) in [4.78, 5) is 67.0. The molecule has 7 N–H and O–H groups in total. The molecule has 59 heavy (non-hydrogen) atoms. The van der Waals surface area contributed by atoms with E-state index in [2.05, 4.69) is 25.3 Å². The number of halogens is 2. The number of piperidine rings is 2. The zero-order valence-corrected chi connectivity index (χ0v) is 34.1. The van der Waals surface area contributed by atoms with Gasteiger partial charge in [-0.3, -0.25) is 23.4 Å². The zero-order chi connectivity index (χ0) is 42.7. The molecule has 2 aliphatic rings. The van der Waals surface area contributed by atoms with E-state index >= 15 is 0 Å². The van der Waals surface area contributed by atoms with Gasteiger partial charge in [-0.1, -0.05) is 26.5 Å². The third-order valence-corrected chi connectivity index (χ3v) is 10.8. The molecule has 1 unspecified atom stereocenters. The Kier molecular flexibility index (Phi) is 17.6. The van der Waals surface area contributed by atoms with Crippen molar-refractivity contribution in [2.45, 2.75) is 85.0 Å². The van der Waals surface area contributed by atoms with Crippen LogP contribution in [0.15, 0.2) is 53.9 Å². The summed E-state index contributed by atoms with van der Waals surface area (Å²) in [6.07, 6.45) is 6.08. The standard InChI is InChI=1S/C19H22FN5O2.C14H14FN3O2S.C7H14N2O.CH4/c1-11-3-4-13(20)9-15(11)17(27)16-10-22-19(24-18(16)21)23-14-5-7-25(8-6-14)12(2)26;1-3-21(20)14-17-7-11(13(16)18-14)12(19)10-6-9(15)5-4-8(10)2;1-6(10)9-4-2-7(8)3-5-9;/h3-4,9-10,14H,5-8H2,1-2H3,(H3,21,22,23,24);4-7H,3H2,1-2H3,(H2,16,17,18);7H,2-5,8H2,1H3;1H4. The molecule has 4 heterocycles. The molecule has 18 heteroatoms. The van der Waals surface area contributed by atoms with Crippen LogP contribution in [-0.4, -0.2) is 101 Å². The molecule has 0 aliphatic carbocycles. The number of likely N-dealkylation sites (tertiary alicyclic amines) is 2. The minimum atomic E-state index is -1.35. The van der Waals surface area contributed by atoms with Crippen molar-refractivity contribution in [3.63, 3.8) is 0 Å². The van der Waals surface area contributed by atoms with Crippen LogP contribution in [0.3, 0.4) is 0 Å². The molecule has 1 atom stereocenters. The Morgan fingerprint density at radius 3 is 1.61 bits per heavy atom. The summed E-state index contributed by atoms with van der Waals surface area (Å²) >= 11 is 0. The van der Waals surface area contributed by atoms with Gasteiger partial charge in [0, 0.05) is 81.4 Å². The average Bonchev–Trinajstić information content (AvgIpc) is 3.20. The van der Waals surface area contributed by atoms with Gasteiger partial charge in [0.2, 0.25) is 22.9 Å². The van der Waals surface area contributed by atoms with Crippen LogP contribution in [0.4, 0.5) is 26.4 Å². The molecule has 2 fully saturated rings. The number of carbonyl (C=O) groups excluding carboxylic acids is 4. The molecule has 2 aromatic carbocycles. The topological polar surface area (TPSA) is 233 Å². The SMILES string of the molecule is C.CC(=O)N1CCC(N)CC1.CC(=O)N1CCC(Nc2ncc(C(=O)c3cc(F)ccc3C)c(N)n2)CC1.CCS(=O)c1ncc(C(=O)c2cc(F)ccc2C)c(N)n1. The molecule has 6 rings (SSSR count). The Bertz CT molecular complexity index is 2160. The number of ketones is 2. The van der Waals surface area contributed by atoms with Crippen molar-refractivity contribution in [1.82, 2.24) is 29.7 Å². The molecule has 318 valence electrons. The Hall–Kier alpha value is -5.75. The molecule has 0 spiro atoms. The molecule has 2 saturated heterocycles. The molecule has 0 saturated carbocycles. The van der Waals surface area contributed by atoms with E-state index in [1.165, 1.54) is 36.7 Å². The van der Waals surface area contributed by atoms with Gasteiger partial charge in [0.25, 0.3) is 0 Å². The number of nitrogens with one attached hydrogen (secondary N) is 1. The number of hydrogen-bond donors (Lipinski definition) is 4. The summed E-state index contributed by atoms with van der Waals surface area (Å²) in [5, 5.41) is 3.28. The van der Waals surface area contributed by atoms with E-state index in [1.807, 2.05) is 4.90 Å². The first-order chi connectivity index (χ1) is 27.5. The number of anilines is 3. The Morgan fingerprint density at radius 1 is 0.746 bits per heavy atom. The van der Waals surface area contributed by atoms with Crippen LogP contribution in [0.2, 0.25) is 0 Å². The number of nitrogens with two attached hydrogens (primary N) is 3. The maximum absolute atomic E-state index is 13.5. The number of nitrogen functional groups attached to an aromatic ring is 2. The van der Waals surface area contributed by atoms with Crippen LogP contribution in [0, 0.1) is 25.5 Å². The van der Waals surface area contributed by atoms with Crippen LogP contribution in [0.25, 0.3) is 0 Å². The maximum Gasteiger partial charge on any atom is 0.224 e. The molecule has 0 radical (unpaired) electrons. The number of amides is 2. The second-order valence-corrected chi connectivity index (χ2v) is 15.6. The fourth-order valence-corrected chi connectivity index (χ4v) is 6.76. The van der Waals surface area contributed by atoms with Crippen LogP contribution < -0.4 is 22.5 Å². The molecule has 15 nitrogen and oxygen atoms in total. The van der Waals surface area contributed by atoms with E-state index in [-0.39, 0.29) is 64.3 Å². The van der Waals surface area contributed by atoms with Gasteiger partial charge in [-0.15, -0.1) is 0 Å². The van der Waals surface area contributed by atoms with Crippen molar-refractivity contribution in [1.29, 1.82) is 0 Å². The molecular formula is C41H54F2N10O5S. The summed E-state index contributed by atoms with van der Waals surface area (Å²) in [6, 6.07) is 8.42. The second-order valence-electron chi connectivity index (χ2n) is 13.9. The third kappa shape index (κ3) is 13.1. The van der Waals surface area contributed by atoms with Gasteiger partial charge in [-0.05, 0) is 74.9 Å². The fraction of sp³-hybridized carbons (Fsp3) is 0.415. The lowest BCUT2D eigenvalue weighted by molar-refractivity contribution is -0.130. The molecule has 2 amide bonds. The van der Waals surface area contributed by atoms with Crippen LogP contribution in [0.5, 0.6) is 0 Å². The Labute approximate surface area is 346 Å². The lowest BCUT2D eigenvalue weighted by Crippen LogP contribution is -2.41. The molecule has 4 aromatic rings. The normalized spacial score (nSPS) is 14.7. The zero-order valence-electron chi connectivity index (χ0n) is 33.3. The summed E-state index contributed by atoms with van der Waals surface area (Å²) < 4.78 is 38.4. The predicted octanol–water partition coefficient (Wildman–Crippen LogP) is 4.62.